The summed E-state index contributed by atoms with van der Waals surface area (Å²) < 4.78 is 18.7. The van der Waals surface area contributed by atoms with Crippen molar-refractivity contribution < 1.29 is 33.9 Å². The molecule has 4 rings (SSSR count). The lowest BCUT2D eigenvalue weighted by molar-refractivity contribution is -0.385. The summed E-state index contributed by atoms with van der Waals surface area (Å²) in [6.45, 7) is 0. The molecule has 1 unspecified atom stereocenters. The van der Waals surface area contributed by atoms with Gasteiger partial charge in [-0.25, -0.2) is 4.39 Å². The molecule has 1 heterocycles. The molecule has 2 N–H and O–H groups in total. The fraction of sp³-hybridized carbons (Fsp3) is 0.0833. The van der Waals surface area contributed by atoms with Crippen LogP contribution in [0.25, 0.3) is 5.76 Å². The normalized spacial score (nSPS) is 17.1. The molecule has 1 fully saturated rings. The van der Waals surface area contributed by atoms with E-state index >= 15 is 0 Å². The summed E-state index contributed by atoms with van der Waals surface area (Å²) in [6.07, 6.45) is 0. The first kappa shape index (κ1) is 22.5. The number of nitro groups is 1. The monoisotopic (exact) mass is 464 g/mol. The number of ether oxygens (including phenoxy) is 1. The van der Waals surface area contributed by atoms with Crippen molar-refractivity contribution in [3.63, 3.8) is 0 Å². The van der Waals surface area contributed by atoms with E-state index < -0.39 is 45.7 Å². The Balaban J connectivity index is 1.98. The van der Waals surface area contributed by atoms with Crippen LogP contribution in [-0.4, -0.2) is 33.9 Å². The minimum atomic E-state index is -1.30. The lowest BCUT2D eigenvalue weighted by Gasteiger charge is -2.25. The van der Waals surface area contributed by atoms with Crippen molar-refractivity contribution in [1.82, 2.24) is 0 Å². The van der Waals surface area contributed by atoms with Crippen LogP contribution in [0.1, 0.15) is 17.2 Å². The number of halogens is 1. The first-order valence-electron chi connectivity index (χ1n) is 9.91. The maximum atomic E-state index is 13.5. The van der Waals surface area contributed by atoms with E-state index in [0.29, 0.717) is 5.75 Å². The minimum Gasteiger partial charge on any atom is -0.507 e. The topological polar surface area (TPSA) is 130 Å². The number of Topliss-reactive ketones (excluding diaryl/α,β-unsaturated/α-hetero) is 1. The highest BCUT2D eigenvalue weighted by atomic mass is 19.1. The van der Waals surface area contributed by atoms with Crippen LogP contribution in [0.15, 0.2) is 72.3 Å². The van der Waals surface area contributed by atoms with Crippen LogP contribution >= 0.6 is 0 Å². The van der Waals surface area contributed by atoms with Gasteiger partial charge in [0.05, 0.1) is 23.6 Å². The number of carbonyl (C=O) groups is 2. The minimum absolute atomic E-state index is 0.0810. The van der Waals surface area contributed by atoms with Crippen molar-refractivity contribution in [2.75, 3.05) is 12.0 Å². The third-order valence-electron chi connectivity index (χ3n) is 5.40. The van der Waals surface area contributed by atoms with Gasteiger partial charge in [-0.15, -0.1) is 0 Å². The van der Waals surface area contributed by atoms with Crippen LogP contribution < -0.4 is 9.64 Å². The van der Waals surface area contributed by atoms with Gasteiger partial charge in [-0.3, -0.25) is 24.6 Å². The maximum Gasteiger partial charge on any atom is 0.311 e. The van der Waals surface area contributed by atoms with Crippen LogP contribution in [0, 0.1) is 15.9 Å². The van der Waals surface area contributed by atoms with Crippen molar-refractivity contribution >= 4 is 28.8 Å². The Kier molecular flexibility index (Phi) is 5.72. The maximum absolute atomic E-state index is 13.5. The largest absolute Gasteiger partial charge is 0.507 e. The van der Waals surface area contributed by atoms with Gasteiger partial charge in [-0.05, 0) is 48.0 Å². The summed E-state index contributed by atoms with van der Waals surface area (Å²) in [5, 5.41) is 32.3. The average Bonchev–Trinajstić information content (AvgIpc) is 3.09. The molecular formula is C24H17FN2O7. The smallest absolute Gasteiger partial charge is 0.311 e. The number of hydrogen-bond acceptors (Lipinski definition) is 7. The van der Waals surface area contributed by atoms with Crippen LogP contribution in [0.3, 0.4) is 0 Å². The predicted octanol–water partition coefficient (Wildman–Crippen LogP) is 4.07. The van der Waals surface area contributed by atoms with E-state index in [9.17, 15) is 34.3 Å². The summed E-state index contributed by atoms with van der Waals surface area (Å²) in [7, 11) is 1.42. The van der Waals surface area contributed by atoms with Gasteiger partial charge in [0, 0.05) is 17.3 Å². The average molecular weight is 464 g/mol. The van der Waals surface area contributed by atoms with E-state index in [-0.39, 0.29) is 22.4 Å². The zero-order chi connectivity index (χ0) is 24.6. The number of ketones is 1. The number of nitro benzene ring substituents is 1. The number of amides is 1. The third-order valence-corrected chi connectivity index (χ3v) is 5.40. The van der Waals surface area contributed by atoms with Crippen LogP contribution in [0.4, 0.5) is 15.8 Å². The molecule has 1 saturated heterocycles. The molecule has 10 heteroatoms. The Hall–Kier alpha value is -4.73. The SMILES string of the molecule is COc1cccc(/C(O)=C2/C(=O)C(=O)N(c3ccc(F)cc3)C2c2ccc(O)c([N+](=O)[O-])c2)c1. The first-order valence-corrected chi connectivity index (χ1v) is 9.91. The predicted molar refractivity (Wildman–Crippen MR) is 119 cm³/mol. The highest BCUT2D eigenvalue weighted by molar-refractivity contribution is 6.51. The van der Waals surface area contributed by atoms with Crippen molar-refractivity contribution in [3.05, 3.63) is 99.4 Å². The molecule has 0 saturated carbocycles. The van der Waals surface area contributed by atoms with Gasteiger partial charge in [0.1, 0.15) is 17.3 Å². The van der Waals surface area contributed by atoms with Crippen molar-refractivity contribution in [2.45, 2.75) is 6.04 Å². The third kappa shape index (κ3) is 3.81. The number of nitrogens with zero attached hydrogens (tertiary/aromatic N) is 2. The summed E-state index contributed by atoms with van der Waals surface area (Å²) in [6, 6.07) is 13.0. The summed E-state index contributed by atoms with van der Waals surface area (Å²) in [4.78, 5) is 37.8. The van der Waals surface area contributed by atoms with Gasteiger partial charge >= 0.3 is 5.69 Å². The lowest BCUT2D eigenvalue weighted by Crippen LogP contribution is -2.29. The van der Waals surface area contributed by atoms with Crippen molar-refractivity contribution in [2.24, 2.45) is 0 Å². The molecule has 0 aromatic heterocycles. The fourth-order valence-corrected chi connectivity index (χ4v) is 3.80. The summed E-state index contributed by atoms with van der Waals surface area (Å²) >= 11 is 0. The number of hydrogen-bond donors (Lipinski definition) is 2. The highest BCUT2D eigenvalue weighted by Crippen LogP contribution is 2.44. The molecular weight excluding hydrogens is 447 g/mol. The molecule has 0 radical (unpaired) electrons. The van der Waals surface area contributed by atoms with Gasteiger partial charge < -0.3 is 14.9 Å². The molecule has 0 aliphatic carbocycles. The van der Waals surface area contributed by atoms with Crippen LogP contribution in [0.2, 0.25) is 0 Å². The zero-order valence-electron chi connectivity index (χ0n) is 17.6. The molecule has 1 amide bonds. The van der Waals surface area contributed by atoms with Gasteiger partial charge in [0.25, 0.3) is 11.7 Å². The van der Waals surface area contributed by atoms with Crippen LogP contribution in [-0.2, 0) is 9.59 Å². The Bertz CT molecular complexity index is 1350. The lowest BCUT2D eigenvalue weighted by atomic mass is 9.94. The number of methoxy groups -OCH3 is 1. The van der Waals surface area contributed by atoms with Gasteiger partial charge in [-0.2, -0.15) is 0 Å². The fourth-order valence-electron chi connectivity index (χ4n) is 3.80. The second-order valence-electron chi connectivity index (χ2n) is 7.38. The van der Waals surface area contributed by atoms with E-state index in [1.807, 2.05) is 0 Å². The van der Waals surface area contributed by atoms with E-state index in [1.165, 1.54) is 37.4 Å². The Morgan fingerprint density at radius 1 is 1.09 bits per heavy atom. The molecule has 1 aliphatic rings. The Morgan fingerprint density at radius 2 is 1.79 bits per heavy atom. The van der Waals surface area contributed by atoms with E-state index in [1.54, 1.807) is 12.1 Å². The molecule has 0 spiro atoms. The molecule has 3 aromatic carbocycles. The number of benzene rings is 3. The number of anilines is 1. The number of rotatable bonds is 5. The Morgan fingerprint density at radius 3 is 2.44 bits per heavy atom. The van der Waals surface area contributed by atoms with Gasteiger partial charge in [0.15, 0.2) is 5.75 Å². The quantitative estimate of drug-likeness (QED) is 0.191. The number of aliphatic hydroxyl groups excluding tert-OH is 1. The summed E-state index contributed by atoms with van der Waals surface area (Å²) in [5.41, 5.74) is -0.590. The summed E-state index contributed by atoms with van der Waals surface area (Å²) in [5.74, 6) is -3.38. The number of phenolic OH excluding ortho intramolecular Hbond substituents is 1. The molecule has 34 heavy (non-hydrogen) atoms. The molecule has 3 aromatic rings. The van der Waals surface area contributed by atoms with Gasteiger partial charge in [-0.1, -0.05) is 18.2 Å². The Labute approximate surface area is 192 Å². The van der Waals surface area contributed by atoms with E-state index in [2.05, 4.69) is 0 Å². The standard InChI is InChI=1S/C24H17FN2O7/c1-34-17-4-2-3-14(11-17)22(29)20-21(13-5-10-19(28)18(12-13)27(32)33)26(24(31)23(20)30)16-8-6-15(25)7-9-16/h2-12,21,28-29H,1H3/b22-20-. The van der Waals surface area contributed by atoms with E-state index in [4.69, 9.17) is 4.74 Å². The zero-order valence-corrected chi connectivity index (χ0v) is 17.6. The van der Waals surface area contributed by atoms with Crippen molar-refractivity contribution in [1.29, 1.82) is 0 Å². The molecule has 9 nitrogen and oxygen atoms in total. The molecule has 1 atom stereocenters. The number of carbonyl (C=O) groups excluding carboxylic acids is 2. The first-order chi connectivity index (χ1) is 16.2. The second kappa shape index (κ2) is 8.66. The number of phenols is 1. The molecule has 1 aliphatic heterocycles. The van der Waals surface area contributed by atoms with Crippen LogP contribution in [0.5, 0.6) is 11.5 Å². The molecule has 0 bridgehead atoms. The molecule has 172 valence electrons. The number of aliphatic hydroxyl groups is 1. The van der Waals surface area contributed by atoms with E-state index in [0.717, 1.165) is 29.2 Å². The van der Waals surface area contributed by atoms with Gasteiger partial charge in [0.2, 0.25) is 0 Å². The highest BCUT2D eigenvalue weighted by Gasteiger charge is 2.47. The number of aromatic hydroxyl groups is 1. The second-order valence-corrected chi connectivity index (χ2v) is 7.38. The van der Waals surface area contributed by atoms with Crippen molar-refractivity contribution in [3.8, 4) is 11.5 Å².